The van der Waals surface area contributed by atoms with Crippen LogP contribution in [0.25, 0.3) is 0 Å². The highest BCUT2D eigenvalue weighted by Crippen LogP contribution is 2.47. The third kappa shape index (κ3) is 9.22. The van der Waals surface area contributed by atoms with Crippen LogP contribution in [0.4, 0.5) is 38.0 Å². The molecule has 18 heteroatoms. The van der Waals surface area contributed by atoms with E-state index in [0.29, 0.717) is 74.4 Å². The second-order valence-corrected chi connectivity index (χ2v) is 17.9. The zero-order valence-electron chi connectivity index (χ0n) is 35.8. The molecule has 0 unspecified atom stereocenters. The predicted octanol–water partition coefficient (Wildman–Crippen LogP) is 6.78. The van der Waals surface area contributed by atoms with Gasteiger partial charge in [-0.25, -0.2) is 19.9 Å². The summed E-state index contributed by atoms with van der Waals surface area (Å²) in [6.07, 6.45) is -11.2. The Hall–Kier alpha value is -4.58. The van der Waals surface area contributed by atoms with Crippen LogP contribution >= 0.6 is 0 Å². The van der Waals surface area contributed by atoms with Crippen LogP contribution in [0, 0.1) is 37.5 Å². The molecule has 6 heterocycles. The van der Waals surface area contributed by atoms with Crippen molar-refractivity contribution in [1.82, 2.24) is 19.9 Å². The number of piperidine rings is 2. The third-order valence-corrected chi connectivity index (χ3v) is 12.7. The molecule has 2 aromatic rings. The summed E-state index contributed by atoms with van der Waals surface area (Å²) < 4.78 is 82.5. The lowest BCUT2D eigenvalue weighted by atomic mass is 9.74. The van der Waals surface area contributed by atoms with E-state index in [2.05, 4.69) is 39.7 Å². The largest absolute Gasteiger partial charge is 0.398 e. The molecule has 2 aliphatic carbocycles. The van der Waals surface area contributed by atoms with Gasteiger partial charge >= 0.3 is 12.4 Å². The maximum absolute atomic E-state index is 13.7. The van der Waals surface area contributed by atoms with E-state index < -0.39 is 48.0 Å². The minimum absolute atomic E-state index is 0.0676. The summed E-state index contributed by atoms with van der Waals surface area (Å²) >= 11 is 0. The van der Waals surface area contributed by atoms with Gasteiger partial charge in [0.15, 0.2) is 11.6 Å². The smallest absolute Gasteiger partial charge is 0.384 e. The van der Waals surface area contributed by atoms with Crippen molar-refractivity contribution in [1.29, 1.82) is 0 Å². The number of carbonyl (C=O) groups is 2. The van der Waals surface area contributed by atoms with Gasteiger partial charge in [0, 0.05) is 97.6 Å². The van der Waals surface area contributed by atoms with E-state index in [4.69, 9.17) is 0 Å². The fourth-order valence-corrected chi connectivity index (χ4v) is 9.58. The van der Waals surface area contributed by atoms with Gasteiger partial charge in [-0.05, 0) is 61.8 Å². The van der Waals surface area contributed by atoms with Crippen molar-refractivity contribution in [3.63, 3.8) is 0 Å². The standard InChI is InChI=1S/2C22H27F3N4O2/c2*1-11(2)21-27-12(3)8-16(28-21)29-6-4-13(5-7-29)19-17-14(10-26-19)9-15(30)20(31)18(17)22(23,24)25/h2*8,11,13,18,20,31H,4-7,9-10H2,1-3H3/t2*18-,20-/m10/s1. The van der Waals surface area contributed by atoms with Gasteiger partial charge in [0.05, 0.1) is 13.1 Å². The number of aliphatic imine (C=N–C) groups is 2. The van der Waals surface area contributed by atoms with Crippen molar-refractivity contribution in [2.24, 2.45) is 33.7 Å². The molecular formula is C44H54F6N8O4. The Labute approximate surface area is 356 Å². The molecule has 62 heavy (non-hydrogen) atoms. The molecule has 0 aromatic carbocycles. The number of hydrogen-bond donors (Lipinski definition) is 2. The predicted molar refractivity (Wildman–Crippen MR) is 221 cm³/mol. The zero-order valence-corrected chi connectivity index (χ0v) is 35.8. The lowest BCUT2D eigenvalue weighted by Crippen LogP contribution is -2.46. The molecule has 0 saturated carbocycles. The van der Waals surface area contributed by atoms with Crippen molar-refractivity contribution in [2.45, 2.75) is 116 Å². The molecule has 2 aromatic heterocycles. The molecule has 2 fully saturated rings. The van der Waals surface area contributed by atoms with Crippen LogP contribution in [-0.4, -0.2) is 117 Å². The van der Waals surface area contributed by atoms with Crippen molar-refractivity contribution in [2.75, 3.05) is 49.1 Å². The van der Waals surface area contributed by atoms with Crippen molar-refractivity contribution in [3.05, 3.63) is 57.5 Å². The molecule has 336 valence electrons. The molecule has 0 amide bonds. The van der Waals surface area contributed by atoms with E-state index in [0.717, 1.165) is 34.7 Å². The average molecular weight is 873 g/mol. The number of carbonyl (C=O) groups excluding carboxylic acids is 2. The first-order valence-corrected chi connectivity index (χ1v) is 21.4. The Morgan fingerprint density at radius 3 is 1.24 bits per heavy atom. The lowest BCUT2D eigenvalue weighted by molar-refractivity contribution is -0.191. The fourth-order valence-electron chi connectivity index (χ4n) is 9.58. The molecule has 0 bridgehead atoms. The Morgan fingerprint density at radius 2 is 0.935 bits per heavy atom. The van der Waals surface area contributed by atoms with Crippen LogP contribution in [0.2, 0.25) is 0 Å². The molecular weight excluding hydrogens is 819 g/mol. The van der Waals surface area contributed by atoms with Crippen molar-refractivity contribution < 1.29 is 46.1 Å². The highest BCUT2D eigenvalue weighted by Gasteiger charge is 2.56. The number of aryl methyl sites for hydroxylation is 2. The molecule has 6 aliphatic rings. The van der Waals surface area contributed by atoms with Gasteiger partial charge in [-0.1, -0.05) is 27.7 Å². The van der Waals surface area contributed by atoms with Gasteiger partial charge in [0.25, 0.3) is 0 Å². The average Bonchev–Trinajstić information content (AvgIpc) is 3.81. The molecule has 4 atom stereocenters. The number of halogens is 6. The first-order valence-electron chi connectivity index (χ1n) is 21.4. The zero-order chi connectivity index (χ0) is 45.0. The first kappa shape index (κ1) is 45.4. The van der Waals surface area contributed by atoms with Crippen LogP contribution in [0.1, 0.15) is 101 Å². The van der Waals surface area contributed by atoms with Gasteiger partial charge in [-0.2, -0.15) is 26.3 Å². The van der Waals surface area contributed by atoms with Crippen LogP contribution < -0.4 is 9.80 Å². The summed E-state index contributed by atoms with van der Waals surface area (Å²) in [4.78, 5) is 55.3. The highest BCUT2D eigenvalue weighted by atomic mass is 19.4. The maximum atomic E-state index is 13.7. The Morgan fingerprint density at radius 1 is 0.597 bits per heavy atom. The second-order valence-electron chi connectivity index (χ2n) is 17.9. The maximum Gasteiger partial charge on any atom is 0.398 e. The van der Waals surface area contributed by atoms with E-state index >= 15 is 0 Å². The van der Waals surface area contributed by atoms with Gasteiger partial charge in [0.1, 0.15) is 47.3 Å². The van der Waals surface area contributed by atoms with Gasteiger partial charge in [0.2, 0.25) is 0 Å². The Balaban J connectivity index is 0.000000186. The number of alkyl halides is 6. The van der Waals surface area contributed by atoms with E-state index in [9.17, 15) is 46.1 Å². The van der Waals surface area contributed by atoms with E-state index in [1.807, 2.05) is 53.7 Å². The Kier molecular flexibility index (Phi) is 12.9. The monoisotopic (exact) mass is 872 g/mol. The summed E-state index contributed by atoms with van der Waals surface area (Å²) in [5, 5.41) is 20.1. The minimum atomic E-state index is -4.69. The minimum Gasteiger partial charge on any atom is -0.384 e. The molecule has 2 N–H and O–H groups in total. The van der Waals surface area contributed by atoms with Gasteiger partial charge in [-0.15, -0.1) is 0 Å². The van der Waals surface area contributed by atoms with Gasteiger partial charge < -0.3 is 20.0 Å². The van der Waals surface area contributed by atoms with Crippen molar-refractivity contribution >= 4 is 34.6 Å². The van der Waals surface area contributed by atoms with Gasteiger partial charge in [-0.3, -0.25) is 19.6 Å². The number of aromatic nitrogens is 4. The second kappa shape index (κ2) is 17.5. The van der Waals surface area contributed by atoms with E-state index in [-0.39, 0.29) is 60.7 Å². The molecule has 2 saturated heterocycles. The van der Waals surface area contributed by atoms with E-state index in [1.54, 1.807) is 0 Å². The SMILES string of the molecule is Cc1cc(N2CCC(C3=NCC4=C3[C@@H](C(F)(F)F)[C@H](O)C(=O)C4)CC2)nc(C(C)C)n1.Cc1cc(N2CCC(C3=NCC4=C3[C@H](C(F)(F)F)[C@@H](O)C(=O)C4)CC2)nc(C(C)C)n1. The molecule has 8 rings (SSSR count). The number of ketones is 2. The number of hydrogen-bond acceptors (Lipinski definition) is 12. The molecule has 0 spiro atoms. The highest BCUT2D eigenvalue weighted by molar-refractivity contribution is 6.09. The molecule has 4 aliphatic heterocycles. The number of nitrogens with zero attached hydrogens (tertiary/aromatic N) is 8. The normalized spacial score (nSPS) is 25.4. The first-order chi connectivity index (χ1) is 29.1. The quantitative estimate of drug-likeness (QED) is 0.297. The van der Waals surface area contributed by atoms with Crippen LogP contribution in [0.15, 0.2) is 44.4 Å². The summed E-state index contributed by atoms with van der Waals surface area (Å²) in [5.41, 5.74) is 3.62. The summed E-state index contributed by atoms with van der Waals surface area (Å²) in [6.45, 7) is 14.9. The summed E-state index contributed by atoms with van der Waals surface area (Å²) in [7, 11) is 0. The summed E-state index contributed by atoms with van der Waals surface area (Å²) in [6, 6.07) is 3.87. The van der Waals surface area contributed by atoms with Crippen molar-refractivity contribution in [3.8, 4) is 0 Å². The molecule has 0 radical (unpaired) electrons. The van der Waals surface area contributed by atoms with Crippen LogP contribution in [0.5, 0.6) is 0 Å². The number of aliphatic hydroxyl groups is 2. The van der Waals surface area contributed by atoms with Crippen LogP contribution in [0.3, 0.4) is 0 Å². The summed E-state index contributed by atoms with van der Waals surface area (Å²) in [5.74, 6) is -2.47. The number of anilines is 2. The topological polar surface area (TPSA) is 157 Å². The number of Topliss-reactive ketones (excluding diaryl/α,β-unsaturated/α-hetero) is 2. The van der Waals surface area contributed by atoms with E-state index in [1.165, 1.54) is 0 Å². The number of aliphatic hydroxyl groups excluding tert-OH is 2. The number of rotatable bonds is 6. The third-order valence-electron chi connectivity index (χ3n) is 12.7. The lowest BCUT2D eigenvalue weighted by Gasteiger charge is -2.36. The Bertz CT molecular complexity index is 2050. The van der Waals surface area contributed by atoms with Crippen LogP contribution in [-0.2, 0) is 9.59 Å². The molecule has 12 nitrogen and oxygen atoms in total. The fraction of sp³-hybridized carbons (Fsp3) is 0.636.